The van der Waals surface area contributed by atoms with Gasteiger partial charge in [-0.1, -0.05) is 17.2 Å². The fourth-order valence-corrected chi connectivity index (χ4v) is 3.38. The molecule has 0 bridgehead atoms. The number of carbonyl (C=O) groups excluding carboxylic acids is 4. The molecule has 1 N–H and O–H groups in total. The number of carbonyl (C=O) groups is 4. The molecule has 2 heterocycles. The van der Waals surface area contributed by atoms with Crippen LogP contribution in [0.2, 0.25) is 0 Å². The van der Waals surface area contributed by atoms with Gasteiger partial charge in [0.25, 0.3) is 11.8 Å². The number of benzene rings is 1. The molecule has 2 aliphatic rings. The van der Waals surface area contributed by atoms with E-state index in [9.17, 15) is 19.2 Å². The Labute approximate surface area is 174 Å². The normalized spacial score (nSPS) is 18.0. The first-order chi connectivity index (χ1) is 14.2. The van der Waals surface area contributed by atoms with E-state index in [-0.39, 0.29) is 23.5 Å². The molecule has 3 amide bonds. The quantitative estimate of drug-likeness (QED) is 0.731. The number of nitrogens with zero attached hydrogens (tertiary/aromatic N) is 1. The average molecular weight is 418 g/mol. The molecule has 0 spiro atoms. The molecule has 3 rings (SSSR count). The highest BCUT2D eigenvalue weighted by Gasteiger charge is 2.40. The van der Waals surface area contributed by atoms with Crippen LogP contribution in [0, 0.1) is 5.92 Å². The van der Waals surface area contributed by atoms with Crippen LogP contribution in [0.1, 0.15) is 60.7 Å². The maximum Gasteiger partial charge on any atom is 0.408 e. The molecule has 1 unspecified atom stereocenters. The van der Waals surface area contributed by atoms with Gasteiger partial charge in [-0.05, 0) is 58.1 Å². The van der Waals surface area contributed by atoms with Crippen LogP contribution in [-0.4, -0.2) is 53.8 Å². The summed E-state index contributed by atoms with van der Waals surface area (Å²) in [4.78, 5) is 55.2. The van der Waals surface area contributed by atoms with E-state index >= 15 is 0 Å². The van der Waals surface area contributed by atoms with Crippen LogP contribution >= 0.6 is 0 Å². The number of alkyl carbamates (subject to hydrolysis) is 1. The Kier molecular flexibility index (Phi) is 6.40. The van der Waals surface area contributed by atoms with Gasteiger partial charge in [-0.3, -0.25) is 9.59 Å². The molecule has 0 aromatic heterocycles. The zero-order valence-electron chi connectivity index (χ0n) is 17.3. The van der Waals surface area contributed by atoms with E-state index < -0.39 is 35.5 Å². The molecule has 2 aliphatic heterocycles. The number of hydrogen-bond acceptors (Lipinski definition) is 7. The van der Waals surface area contributed by atoms with Crippen molar-refractivity contribution in [3.05, 3.63) is 35.4 Å². The molecule has 9 nitrogen and oxygen atoms in total. The van der Waals surface area contributed by atoms with Crippen molar-refractivity contribution in [1.29, 1.82) is 0 Å². The molecule has 1 fully saturated rings. The minimum atomic E-state index is -1.08. The number of hydroxylamine groups is 2. The van der Waals surface area contributed by atoms with Crippen molar-refractivity contribution in [1.82, 2.24) is 10.4 Å². The molecule has 0 radical (unpaired) electrons. The van der Waals surface area contributed by atoms with Gasteiger partial charge in [0.15, 0.2) is 0 Å². The third kappa shape index (κ3) is 5.15. The van der Waals surface area contributed by atoms with Gasteiger partial charge >= 0.3 is 12.1 Å². The number of rotatable bonds is 5. The van der Waals surface area contributed by atoms with Gasteiger partial charge in [0, 0.05) is 13.2 Å². The van der Waals surface area contributed by atoms with Crippen molar-refractivity contribution in [2.75, 3.05) is 13.2 Å². The number of amides is 3. The summed E-state index contributed by atoms with van der Waals surface area (Å²) in [5, 5.41) is 2.96. The van der Waals surface area contributed by atoms with Crippen LogP contribution < -0.4 is 5.32 Å². The van der Waals surface area contributed by atoms with Crippen LogP contribution in [0.15, 0.2) is 24.3 Å². The highest BCUT2D eigenvalue weighted by molar-refractivity contribution is 6.20. The lowest BCUT2D eigenvalue weighted by atomic mass is 9.92. The number of fused-ring (bicyclic) bond motifs is 1. The zero-order chi connectivity index (χ0) is 21.9. The zero-order valence-corrected chi connectivity index (χ0v) is 17.3. The fourth-order valence-electron chi connectivity index (χ4n) is 3.38. The van der Waals surface area contributed by atoms with Crippen molar-refractivity contribution in [2.45, 2.75) is 51.7 Å². The van der Waals surface area contributed by atoms with Crippen molar-refractivity contribution < 1.29 is 33.5 Å². The molecule has 1 aromatic rings. The first-order valence-corrected chi connectivity index (χ1v) is 9.92. The number of ether oxygens (including phenoxy) is 2. The van der Waals surface area contributed by atoms with E-state index in [1.54, 1.807) is 32.9 Å². The molecule has 30 heavy (non-hydrogen) atoms. The van der Waals surface area contributed by atoms with Gasteiger partial charge in [0.2, 0.25) is 0 Å². The maximum atomic E-state index is 12.8. The van der Waals surface area contributed by atoms with E-state index in [2.05, 4.69) is 5.32 Å². The average Bonchev–Trinajstić information content (AvgIpc) is 2.92. The van der Waals surface area contributed by atoms with Crippen molar-refractivity contribution in [3.63, 3.8) is 0 Å². The smallest absolute Gasteiger partial charge is 0.408 e. The molecule has 1 aromatic carbocycles. The number of nitrogens with one attached hydrogen (secondary N) is 1. The van der Waals surface area contributed by atoms with Crippen LogP contribution in [0.25, 0.3) is 0 Å². The van der Waals surface area contributed by atoms with Crippen LogP contribution in [-0.2, 0) is 19.1 Å². The van der Waals surface area contributed by atoms with Gasteiger partial charge in [-0.2, -0.15) is 0 Å². The lowest BCUT2D eigenvalue weighted by Crippen LogP contribution is -2.48. The summed E-state index contributed by atoms with van der Waals surface area (Å²) in [6, 6.07) is 5.14. The van der Waals surface area contributed by atoms with Crippen molar-refractivity contribution in [2.24, 2.45) is 5.92 Å². The predicted octanol–water partition coefficient (Wildman–Crippen LogP) is 2.45. The van der Waals surface area contributed by atoms with Gasteiger partial charge in [0.1, 0.15) is 11.6 Å². The largest absolute Gasteiger partial charge is 0.444 e. The Hall–Kier alpha value is -2.94. The third-order valence-electron chi connectivity index (χ3n) is 4.82. The van der Waals surface area contributed by atoms with Gasteiger partial charge in [-0.25, -0.2) is 9.59 Å². The van der Waals surface area contributed by atoms with Crippen LogP contribution in [0.4, 0.5) is 4.79 Å². The maximum absolute atomic E-state index is 12.8. The summed E-state index contributed by atoms with van der Waals surface area (Å²) in [5.74, 6) is -2.22. The van der Waals surface area contributed by atoms with E-state index in [4.69, 9.17) is 14.3 Å². The molecular weight excluding hydrogens is 392 g/mol. The second-order valence-electron chi connectivity index (χ2n) is 8.35. The van der Waals surface area contributed by atoms with E-state index in [0.29, 0.717) is 18.3 Å². The fraction of sp³-hybridized carbons (Fsp3) is 0.524. The minimum Gasteiger partial charge on any atom is -0.444 e. The van der Waals surface area contributed by atoms with Gasteiger partial charge in [-0.15, -0.1) is 0 Å². The standard InChI is InChI=1S/C21H26N2O7/c1-21(2,3)29-20(27)22-16(12-13-8-10-28-11-9-13)19(26)30-23-17(24)14-6-4-5-7-15(14)18(23)25/h4-7,13,16H,8-12H2,1-3H3,(H,22,27). The molecule has 9 heteroatoms. The molecule has 0 saturated carbocycles. The summed E-state index contributed by atoms with van der Waals surface area (Å²) in [5.41, 5.74) is -0.424. The summed E-state index contributed by atoms with van der Waals surface area (Å²) >= 11 is 0. The lowest BCUT2D eigenvalue weighted by Gasteiger charge is -2.28. The topological polar surface area (TPSA) is 111 Å². The highest BCUT2D eigenvalue weighted by Crippen LogP contribution is 2.25. The highest BCUT2D eigenvalue weighted by atomic mass is 16.7. The predicted molar refractivity (Wildman–Crippen MR) is 104 cm³/mol. The van der Waals surface area contributed by atoms with E-state index in [1.165, 1.54) is 12.1 Å². The van der Waals surface area contributed by atoms with Crippen molar-refractivity contribution in [3.8, 4) is 0 Å². The molecular formula is C21H26N2O7. The summed E-state index contributed by atoms with van der Waals surface area (Å²) in [6.45, 7) is 6.25. The second kappa shape index (κ2) is 8.83. The number of hydrogen-bond donors (Lipinski definition) is 1. The lowest BCUT2D eigenvalue weighted by molar-refractivity contribution is -0.171. The van der Waals surface area contributed by atoms with E-state index in [0.717, 1.165) is 12.8 Å². The van der Waals surface area contributed by atoms with E-state index in [1.807, 2.05) is 0 Å². The molecule has 1 saturated heterocycles. The van der Waals surface area contributed by atoms with Crippen LogP contribution in [0.5, 0.6) is 0 Å². The Bertz CT molecular complexity index is 805. The second-order valence-corrected chi connectivity index (χ2v) is 8.35. The SMILES string of the molecule is CC(C)(C)OC(=O)NC(CC1CCOCC1)C(=O)ON1C(=O)c2ccccc2C1=O. The summed E-state index contributed by atoms with van der Waals surface area (Å²) in [7, 11) is 0. The van der Waals surface area contributed by atoms with Crippen LogP contribution in [0.3, 0.4) is 0 Å². The minimum absolute atomic E-state index is 0.119. The Morgan fingerprint density at radius 2 is 1.70 bits per heavy atom. The van der Waals surface area contributed by atoms with Gasteiger partial charge < -0.3 is 19.6 Å². The summed E-state index contributed by atoms with van der Waals surface area (Å²) < 4.78 is 10.6. The molecule has 0 aliphatic carbocycles. The first-order valence-electron chi connectivity index (χ1n) is 9.92. The monoisotopic (exact) mass is 418 g/mol. The Morgan fingerprint density at radius 3 is 2.23 bits per heavy atom. The summed E-state index contributed by atoms with van der Waals surface area (Å²) in [6.07, 6.45) is 0.961. The van der Waals surface area contributed by atoms with Crippen molar-refractivity contribution >= 4 is 23.9 Å². The third-order valence-corrected chi connectivity index (χ3v) is 4.82. The van der Waals surface area contributed by atoms with Gasteiger partial charge in [0.05, 0.1) is 11.1 Å². The number of imide groups is 1. The molecule has 1 atom stereocenters. The Morgan fingerprint density at radius 1 is 1.13 bits per heavy atom. The molecule has 162 valence electrons. The first kappa shape index (κ1) is 21.8. The Balaban J connectivity index is 1.72.